The molecular formula is C15H24N2O. The highest BCUT2D eigenvalue weighted by Gasteiger charge is 2.07. The average Bonchev–Trinajstić information content (AvgIpc) is 2.40. The summed E-state index contributed by atoms with van der Waals surface area (Å²) in [7, 11) is 1.65. The highest BCUT2D eigenvalue weighted by atomic mass is 16.1. The van der Waals surface area contributed by atoms with Crippen LogP contribution in [0.25, 0.3) is 0 Å². The van der Waals surface area contributed by atoms with Gasteiger partial charge in [-0.15, -0.1) is 0 Å². The van der Waals surface area contributed by atoms with E-state index in [1.807, 2.05) is 25.1 Å². The smallest absolute Gasteiger partial charge is 0.251 e. The van der Waals surface area contributed by atoms with Crippen molar-refractivity contribution in [1.82, 2.24) is 5.32 Å². The largest absolute Gasteiger partial charge is 0.385 e. The first-order chi connectivity index (χ1) is 8.62. The van der Waals surface area contributed by atoms with Crippen LogP contribution in [-0.2, 0) is 0 Å². The topological polar surface area (TPSA) is 41.1 Å². The summed E-state index contributed by atoms with van der Waals surface area (Å²) in [6.45, 7) is 7.46. The van der Waals surface area contributed by atoms with E-state index in [2.05, 4.69) is 24.5 Å². The summed E-state index contributed by atoms with van der Waals surface area (Å²) in [4.78, 5) is 11.5. The van der Waals surface area contributed by atoms with Crippen molar-refractivity contribution < 1.29 is 4.79 Å². The Labute approximate surface area is 110 Å². The van der Waals surface area contributed by atoms with Crippen molar-refractivity contribution in [2.24, 2.45) is 5.92 Å². The molecule has 0 saturated carbocycles. The Kier molecular flexibility index (Phi) is 5.69. The Morgan fingerprint density at radius 3 is 2.44 bits per heavy atom. The van der Waals surface area contributed by atoms with Crippen LogP contribution in [-0.4, -0.2) is 19.5 Å². The summed E-state index contributed by atoms with van der Waals surface area (Å²) < 4.78 is 0. The monoisotopic (exact) mass is 248 g/mol. The Balaban J connectivity index is 2.71. The number of nitrogens with one attached hydrogen (secondary N) is 2. The zero-order valence-corrected chi connectivity index (χ0v) is 11.8. The molecule has 0 aliphatic heterocycles. The molecule has 3 nitrogen and oxygen atoms in total. The normalized spacial score (nSPS) is 10.5. The molecule has 1 rings (SSSR count). The Bertz CT molecular complexity index is 397. The minimum Gasteiger partial charge on any atom is -0.385 e. The molecule has 0 fully saturated rings. The van der Waals surface area contributed by atoms with Gasteiger partial charge in [0.25, 0.3) is 5.91 Å². The maximum atomic E-state index is 11.5. The van der Waals surface area contributed by atoms with Gasteiger partial charge in [0.05, 0.1) is 0 Å². The number of rotatable bonds is 6. The lowest BCUT2D eigenvalue weighted by Gasteiger charge is -2.16. The summed E-state index contributed by atoms with van der Waals surface area (Å²) in [5.41, 5.74) is 2.94. The van der Waals surface area contributed by atoms with Crippen LogP contribution in [0.1, 0.15) is 42.6 Å². The Morgan fingerprint density at radius 2 is 1.94 bits per heavy atom. The van der Waals surface area contributed by atoms with Gasteiger partial charge in [-0.3, -0.25) is 4.79 Å². The fourth-order valence-corrected chi connectivity index (χ4v) is 1.98. The van der Waals surface area contributed by atoms with E-state index in [1.54, 1.807) is 7.05 Å². The fraction of sp³-hybridized carbons (Fsp3) is 0.533. The summed E-state index contributed by atoms with van der Waals surface area (Å²) >= 11 is 0. The predicted molar refractivity (Wildman–Crippen MR) is 77.1 cm³/mol. The summed E-state index contributed by atoms with van der Waals surface area (Å²) in [6.07, 6.45) is 2.39. The van der Waals surface area contributed by atoms with Gasteiger partial charge in [-0.25, -0.2) is 0 Å². The predicted octanol–water partition coefficient (Wildman–Crippen LogP) is 3.20. The SMILES string of the molecule is CCC(CC)CNc1ccc(C(=O)NC)cc1C. The van der Waals surface area contributed by atoms with Crippen molar-refractivity contribution >= 4 is 11.6 Å². The van der Waals surface area contributed by atoms with Crippen molar-refractivity contribution in [1.29, 1.82) is 0 Å². The molecule has 3 heteroatoms. The van der Waals surface area contributed by atoms with Crippen molar-refractivity contribution in [2.45, 2.75) is 33.6 Å². The molecule has 0 aromatic heterocycles. The van der Waals surface area contributed by atoms with Crippen LogP contribution in [0.2, 0.25) is 0 Å². The second-order valence-corrected chi connectivity index (χ2v) is 4.67. The van der Waals surface area contributed by atoms with Gasteiger partial charge in [0.15, 0.2) is 0 Å². The van der Waals surface area contributed by atoms with E-state index in [0.29, 0.717) is 11.5 Å². The molecule has 0 saturated heterocycles. The van der Waals surface area contributed by atoms with Crippen LogP contribution in [0.4, 0.5) is 5.69 Å². The lowest BCUT2D eigenvalue weighted by molar-refractivity contribution is 0.0963. The van der Waals surface area contributed by atoms with Gasteiger partial charge in [0, 0.05) is 24.8 Å². The molecule has 0 bridgehead atoms. The number of aryl methyl sites for hydroxylation is 1. The zero-order valence-electron chi connectivity index (χ0n) is 11.8. The summed E-state index contributed by atoms with van der Waals surface area (Å²) in [6, 6.07) is 5.78. The highest BCUT2D eigenvalue weighted by Crippen LogP contribution is 2.18. The lowest BCUT2D eigenvalue weighted by atomic mass is 10.0. The maximum absolute atomic E-state index is 11.5. The van der Waals surface area contributed by atoms with E-state index in [1.165, 1.54) is 12.8 Å². The number of hydrogen-bond acceptors (Lipinski definition) is 2. The fourth-order valence-electron chi connectivity index (χ4n) is 1.98. The third-order valence-electron chi connectivity index (χ3n) is 3.45. The summed E-state index contributed by atoms with van der Waals surface area (Å²) in [5.74, 6) is 0.674. The molecule has 0 aliphatic rings. The molecule has 0 heterocycles. The number of hydrogen-bond donors (Lipinski definition) is 2. The molecule has 0 radical (unpaired) electrons. The third-order valence-corrected chi connectivity index (χ3v) is 3.45. The van der Waals surface area contributed by atoms with Crippen LogP contribution in [0, 0.1) is 12.8 Å². The number of benzene rings is 1. The summed E-state index contributed by atoms with van der Waals surface area (Å²) in [5, 5.41) is 6.10. The maximum Gasteiger partial charge on any atom is 0.251 e. The zero-order chi connectivity index (χ0) is 13.5. The van der Waals surface area contributed by atoms with Crippen LogP contribution in [0.15, 0.2) is 18.2 Å². The molecule has 0 unspecified atom stereocenters. The van der Waals surface area contributed by atoms with Gasteiger partial charge in [0.1, 0.15) is 0 Å². The first kappa shape index (κ1) is 14.6. The van der Waals surface area contributed by atoms with Crippen molar-refractivity contribution in [2.75, 3.05) is 18.9 Å². The molecule has 1 amide bonds. The van der Waals surface area contributed by atoms with Crippen molar-refractivity contribution in [3.05, 3.63) is 29.3 Å². The standard InChI is InChI=1S/C15H24N2O/c1-5-12(6-2)10-17-14-8-7-13(9-11(14)3)15(18)16-4/h7-9,12,17H,5-6,10H2,1-4H3,(H,16,18). The van der Waals surface area contributed by atoms with Crippen LogP contribution in [0.3, 0.4) is 0 Å². The van der Waals surface area contributed by atoms with Crippen LogP contribution in [0.5, 0.6) is 0 Å². The molecule has 18 heavy (non-hydrogen) atoms. The van der Waals surface area contributed by atoms with Gasteiger partial charge < -0.3 is 10.6 Å². The minimum absolute atomic E-state index is 0.0374. The van der Waals surface area contributed by atoms with Gasteiger partial charge in [0.2, 0.25) is 0 Å². The Morgan fingerprint density at radius 1 is 1.28 bits per heavy atom. The molecule has 0 aliphatic carbocycles. The molecule has 0 atom stereocenters. The lowest BCUT2D eigenvalue weighted by Crippen LogP contribution is -2.18. The molecule has 0 spiro atoms. The second-order valence-electron chi connectivity index (χ2n) is 4.67. The van der Waals surface area contributed by atoms with E-state index in [-0.39, 0.29) is 5.91 Å². The number of anilines is 1. The van der Waals surface area contributed by atoms with Gasteiger partial charge in [-0.05, 0) is 36.6 Å². The van der Waals surface area contributed by atoms with E-state index in [0.717, 1.165) is 17.8 Å². The van der Waals surface area contributed by atoms with Crippen LogP contribution >= 0.6 is 0 Å². The highest BCUT2D eigenvalue weighted by molar-refractivity contribution is 5.94. The quantitative estimate of drug-likeness (QED) is 0.811. The first-order valence-corrected chi connectivity index (χ1v) is 6.68. The molecule has 1 aromatic carbocycles. The molecule has 1 aromatic rings. The molecular weight excluding hydrogens is 224 g/mol. The number of amides is 1. The van der Waals surface area contributed by atoms with E-state index < -0.39 is 0 Å². The average molecular weight is 248 g/mol. The van der Waals surface area contributed by atoms with Gasteiger partial charge >= 0.3 is 0 Å². The molecule has 100 valence electrons. The van der Waals surface area contributed by atoms with Crippen LogP contribution < -0.4 is 10.6 Å². The van der Waals surface area contributed by atoms with Gasteiger partial charge in [-0.1, -0.05) is 26.7 Å². The first-order valence-electron chi connectivity index (χ1n) is 6.68. The second kappa shape index (κ2) is 7.04. The third kappa shape index (κ3) is 3.76. The van der Waals surface area contributed by atoms with Crippen molar-refractivity contribution in [3.8, 4) is 0 Å². The van der Waals surface area contributed by atoms with Crippen molar-refractivity contribution in [3.63, 3.8) is 0 Å². The van der Waals surface area contributed by atoms with E-state index >= 15 is 0 Å². The Hall–Kier alpha value is -1.51. The number of carbonyl (C=O) groups excluding carboxylic acids is 1. The minimum atomic E-state index is -0.0374. The number of carbonyl (C=O) groups is 1. The van der Waals surface area contributed by atoms with E-state index in [9.17, 15) is 4.79 Å². The molecule has 2 N–H and O–H groups in total. The van der Waals surface area contributed by atoms with Gasteiger partial charge in [-0.2, -0.15) is 0 Å². The van der Waals surface area contributed by atoms with E-state index in [4.69, 9.17) is 0 Å².